The molecule has 0 aromatic heterocycles. The molecule has 1 heterocycles. The highest BCUT2D eigenvalue weighted by molar-refractivity contribution is 4.80. The zero-order chi connectivity index (χ0) is 8.97. The molecule has 0 unspecified atom stereocenters. The minimum Gasteiger partial charge on any atom is -0.396 e. The topological polar surface area (TPSA) is 32.3 Å². The molecule has 12 heavy (non-hydrogen) atoms. The first-order valence-electron chi connectivity index (χ1n) is 5.08. The predicted octanol–water partition coefficient (Wildman–Crippen LogP) is 1.39. The van der Waals surface area contributed by atoms with E-state index in [1.54, 1.807) is 0 Å². The molecule has 2 atom stereocenters. The van der Waals surface area contributed by atoms with E-state index in [4.69, 9.17) is 5.11 Å². The molecule has 0 bridgehead atoms. The highest BCUT2D eigenvalue weighted by atomic mass is 16.3. The molecule has 0 radical (unpaired) electrons. The fourth-order valence-electron chi connectivity index (χ4n) is 1.99. The first-order chi connectivity index (χ1) is 5.74. The van der Waals surface area contributed by atoms with Crippen molar-refractivity contribution in [2.75, 3.05) is 13.2 Å². The molecule has 0 aliphatic carbocycles. The van der Waals surface area contributed by atoms with Crippen LogP contribution in [0.2, 0.25) is 0 Å². The van der Waals surface area contributed by atoms with Crippen LogP contribution in [0.25, 0.3) is 0 Å². The lowest BCUT2D eigenvalue weighted by molar-refractivity contribution is 0.198. The SMILES string of the molecule is CC(C)[C@@H]1C[C@@H](CCO)CCN1. The fraction of sp³-hybridized carbons (Fsp3) is 1.00. The van der Waals surface area contributed by atoms with Crippen LogP contribution in [0.5, 0.6) is 0 Å². The molecule has 1 fully saturated rings. The molecule has 0 saturated carbocycles. The van der Waals surface area contributed by atoms with Gasteiger partial charge < -0.3 is 10.4 Å². The molecule has 72 valence electrons. The number of nitrogens with one attached hydrogen (secondary N) is 1. The lowest BCUT2D eigenvalue weighted by Gasteiger charge is -2.32. The van der Waals surface area contributed by atoms with Gasteiger partial charge in [-0.3, -0.25) is 0 Å². The van der Waals surface area contributed by atoms with Gasteiger partial charge in [0.15, 0.2) is 0 Å². The summed E-state index contributed by atoms with van der Waals surface area (Å²) in [5.74, 6) is 1.48. The summed E-state index contributed by atoms with van der Waals surface area (Å²) in [6, 6.07) is 0.676. The molecular weight excluding hydrogens is 150 g/mol. The van der Waals surface area contributed by atoms with Crippen LogP contribution in [0.4, 0.5) is 0 Å². The van der Waals surface area contributed by atoms with Crippen LogP contribution < -0.4 is 5.32 Å². The molecule has 1 saturated heterocycles. The maximum atomic E-state index is 8.82. The van der Waals surface area contributed by atoms with Gasteiger partial charge >= 0.3 is 0 Å². The summed E-state index contributed by atoms with van der Waals surface area (Å²) < 4.78 is 0. The first kappa shape index (κ1) is 10.0. The maximum Gasteiger partial charge on any atom is 0.0433 e. The molecule has 1 aliphatic rings. The van der Waals surface area contributed by atoms with E-state index in [-0.39, 0.29) is 0 Å². The molecule has 0 amide bonds. The molecule has 0 aromatic carbocycles. The normalized spacial score (nSPS) is 31.0. The Morgan fingerprint density at radius 1 is 1.50 bits per heavy atom. The van der Waals surface area contributed by atoms with Crippen LogP contribution >= 0.6 is 0 Å². The summed E-state index contributed by atoms with van der Waals surface area (Å²) >= 11 is 0. The average molecular weight is 171 g/mol. The molecule has 0 spiro atoms. The van der Waals surface area contributed by atoms with Crippen LogP contribution in [0.3, 0.4) is 0 Å². The van der Waals surface area contributed by atoms with Crippen LogP contribution in [-0.4, -0.2) is 24.3 Å². The maximum absolute atomic E-state index is 8.82. The van der Waals surface area contributed by atoms with Gasteiger partial charge in [0.05, 0.1) is 0 Å². The molecule has 0 aromatic rings. The zero-order valence-corrected chi connectivity index (χ0v) is 8.21. The Kier molecular flexibility index (Phi) is 4.02. The van der Waals surface area contributed by atoms with Gasteiger partial charge in [-0.05, 0) is 37.6 Å². The lowest BCUT2D eigenvalue weighted by atomic mass is 9.85. The van der Waals surface area contributed by atoms with Gasteiger partial charge in [-0.15, -0.1) is 0 Å². The van der Waals surface area contributed by atoms with E-state index < -0.39 is 0 Å². The van der Waals surface area contributed by atoms with Crippen molar-refractivity contribution < 1.29 is 5.11 Å². The van der Waals surface area contributed by atoms with Crippen molar-refractivity contribution in [2.24, 2.45) is 11.8 Å². The smallest absolute Gasteiger partial charge is 0.0433 e. The number of hydrogen-bond donors (Lipinski definition) is 2. The fourth-order valence-corrected chi connectivity index (χ4v) is 1.99. The van der Waals surface area contributed by atoms with Gasteiger partial charge in [0.2, 0.25) is 0 Å². The van der Waals surface area contributed by atoms with E-state index in [2.05, 4.69) is 19.2 Å². The number of rotatable bonds is 3. The Balaban J connectivity index is 2.30. The quantitative estimate of drug-likeness (QED) is 0.672. The molecule has 2 heteroatoms. The van der Waals surface area contributed by atoms with Crippen molar-refractivity contribution in [3.63, 3.8) is 0 Å². The van der Waals surface area contributed by atoms with Gasteiger partial charge in [-0.1, -0.05) is 13.8 Å². The van der Waals surface area contributed by atoms with Gasteiger partial charge in [-0.2, -0.15) is 0 Å². The summed E-state index contributed by atoms with van der Waals surface area (Å²) in [5, 5.41) is 12.3. The van der Waals surface area contributed by atoms with Crippen molar-refractivity contribution in [2.45, 2.75) is 39.2 Å². The second-order valence-electron chi connectivity index (χ2n) is 4.21. The van der Waals surface area contributed by atoms with Gasteiger partial charge in [-0.25, -0.2) is 0 Å². The summed E-state index contributed by atoms with van der Waals surface area (Å²) in [4.78, 5) is 0. The monoisotopic (exact) mass is 171 g/mol. The van der Waals surface area contributed by atoms with Crippen molar-refractivity contribution in [1.29, 1.82) is 0 Å². The van der Waals surface area contributed by atoms with Gasteiger partial charge in [0.25, 0.3) is 0 Å². The molecular formula is C10H21NO. The van der Waals surface area contributed by atoms with E-state index in [1.807, 2.05) is 0 Å². The average Bonchev–Trinajstić information content (AvgIpc) is 2.05. The van der Waals surface area contributed by atoms with Gasteiger partial charge in [0, 0.05) is 12.6 Å². The predicted molar refractivity (Wildman–Crippen MR) is 51.1 cm³/mol. The summed E-state index contributed by atoms with van der Waals surface area (Å²) in [6.45, 7) is 6.01. The van der Waals surface area contributed by atoms with Crippen molar-refractivity contribution >= 4 is 0 Å². The van der Waals surface area contributed by atoms with Crippen LogP contribution in [0.15, 0.2) is 0 Å². The van der Waals surface area contributed by atoms with E-state index in [0.29, 0.717) is 12.6 Å². The van der Waals surface area contributed by atoms with Crippen molar-refractivity contribution in [3.05, 3.63) is 0 Å². The number of hydrogen-bond acceptors (Lipinski definition) is 2. The number of aliphatic hydroxyl groups excluding tert-OH is 1. The molecule has 1 rings (SSSR count). The third kappa shape index (κ3) is 2.76. The standard InChI is InChI=1S/C10H21NO/c1-8(2)10-7-9(4-6-12)3-5-11-10/h8-12H,3-7H2,1-2H3/t9-,10+/m1/s1. The Labute approximate surface area is 75.4 Å². The lowest BCUT2D eigenvalue weighted by Crippen LogP contribution is -2.41. The van der Waals surface area contributed by atoms with Crippen molar-refractivity contribution in [3.8, 4) is 0 Å². The Bertz CT molecular complexity index is 123. The highest BCUT2D eigenvalue weighted by Crippen LogP contribution is 2.22. The Morgan fingerprint density at radius 3 is 2.83 bits per heavy atom. The third-order valence-corrected chi connectivity index (χ3v) is 2.89. The van der Waals surface area contributed by atoms with Crippen LogP contribution in [0, 0.1) is 11.8 Å². The molecule has 2 N–H and O–H groups in total. The summed E-state index contributed by atoms with van der Waals surface area (Å²) in [6.07, 6.45) is 3.48. The zero-order valence-electron chi connectivity index (χ0n) is 8.21. The van der Waals surface area contributed by atoms with E-state index in [9.17, 15) is 0 Å². The van der Waals surface area contributed by atoms with Gasteiger partial charge in [0.1, 0.15) is 0 Å². The van der Waals surface area contributed by atoms with E-state index in [1.165, 1.54) is 12.8 Å². The minimum absolute atomic E-state index is 0.357. The number of piperidine rings is 1. The Hall–Kier alpha value is -0.0800. The third-order valence-electron chi connectivity index (χ3n) is 2.89. The second kappa shape index (κ2) is 4.83. The van der Waals surface area contributed by atoms with E-state index in [0.717, 1.165) is 24.8 Å². The molecule has 1 aliphatic heterocycles. The number of aliphatic hydroxyl groups is 1. The van der Waals surface area contributed by atoms with Crippen LogP contribution in [-0.2, 0) is 0 Å². The van der Waals surface area contributed by atoms with Crippen LogP contribution in [0.1, 0.15) is 33.1 Å². The summed E-state index contributed by atoms with van der Waals surface area (Å²) in [5.41, 5.74) is 0. The molecule has 2 nitrogen and oxygen atoms in total. The second-order valence-corrected chi connectivity index (χ2v) is 4.21. The first-order valence-corrected chi connectivity index (χ1v) is 5.08. The largest absolute Gasteiger partial charge is 0.396 e. The summed E-state index contributed by atoms with van der Waals surface area (Å²) in [7, 11) is 0. The Morgan fingerprint density at radius 2 is 2.25 bits per heavy atom. The highest BCUT2D eigenvalue weighted by Gasteiger charge is 2.22. The van der Waals surface area contributed by atoms with E-state index >= 15 is 0 Å². The minimum atomic E-state index is 0.357. The van der Waals surface area contributed by atoms with Crippen molar-refractivity contribution in [1.82, 2.24) is 5.32 Å².